The summed E-state index contributed by atoms with van der Waals surface area (Å²) >= 11 is 0. The Labute approximate surface area is 157 Å². The number of carbonyl (C=O) groups is 3. The molecule has 1 fully saturated rings. The molecule has 0 saturated heterocycles. The van der Waals surface area contributed by atoms with E-state index in [-0.39, 0.29) is 31.1 Å². The number of rotatable bonds is 7. The van der Waals surface area contributed by atoms with Crippen molar-refractivity contribution in [1.29, 1.82) is 0 Å². The molecular weight excluding hydrogens is 352 g/mol. The predicted molar refractivity (Wildman–Crippen MR) is 97.8 cm³/mol. The van der Waals surface area contributed by atoms with Crippen molar-refractivity contribution in [3.63, 3.8) is 0 Å². The van der Waals surface area contributed by atoms with Gasteiger partial charge in [0.05, 0.1) is 6.42 Å². The van der Waals surface area contributed by atoms with Crippen molar-refractivity contribution in [3.05, 3.63) is 39.4 Å². The van der Waals surface area contributed by atoms with Crippen LogP contribution in [0.3, 0.4) is 0 Å². The summed E-state index contributed by atoms with van der Waals surface area (Å²) in [5.74, 6) is -2.70. The normalized spacial score (nSPS) is 21.7. The first-order valence-corrected chi connectivity index (χ1v) is 8.84. The number of nitrogens with zero attached hydrogens (tertiary/aromatic N) is 1. The van der Waals surface area contributed by atoms with E-state index in [9.17, 15) is 24.5 Å². The highest BCUT2D eigenvalue weighted by molar-refractivity contribution is 5.93. The van der Waals surface area contributed by atoms with E-state index in [1.54, 1.807) is 19.1 Å². The quantitative estimate of drug-likeness (QED) is 0.443. The van der Waals surface area contributed by atoms with Gasteiger partial charge in [0, 0.05) is 28.9 Å². The Kier molecular flexibility index (Phi) is 6.65. The maximum absolute atomic E-state index is 12.0. The monoisotopic (exact) mass is 376 g/mol. The number of aryl methyl sites for hydroxylation is 2. The van der Waals surface area contributed by atoms with Gasteiger partial charge in [-0.3, -0.25) is 24.5 Å². The maximum Gasteiger partial charge on any atom is 0.307 e. The van der Waals surface area contributed by atoms with Crippen LogP contribution in [-0.2, 0) is 19.1 Å². The Bertz CT molecular complexity index is 740. The number of nitrogens with one attached hydrogen (secondary N) is 1. The molecule has 8 heteroatoms. The molecule has 0 aromatic heterocycles. The highest BCUT2D eigenvalue weighted by atomic mass is 16.6. The number of benzene rings is 1. The molecule has 0 spiro atoms. The summed E-state index contributed by atoms with van der Waals surface area (Å²) in [7, 11) is 0. The Morgan fingerprint density at radius 2 is 1.89 bits per heavy atom. The summed E-state index contributed by atoms with van der Waals surface area (Å²) in [4.78, 5) is 46.4. The number of carbonyl (C=O) groups excluding carboxylic acids is 3. The number of ketones is 1. The fourth-order valence-corrected chi connectivity index (χ4v) is 3.63. The third-order valence-electron chi connectivity index (χ3n) is 4.80. The van der Waals surface area contributed by atoms with Crippen molar-refractivity contribution in [2.75, 3.05) is 18.5 Å². The summed E-state index contributed by atoms with van der Waals surface area (Å²) in [5.41, 5.74) is 2.60. The average molecular weight is 376 g/mol. The highest BCUT2D eigenvalue weighted by Gasteiger charge is 2.44. The molecule has 1 aromatic carbocycles. The summed E-state index contributed by atoms with van der Waals surface area (Å²) in [5, 5.41) is 13.5. The van der Waals surface area contributed by atoms with Gasteiger partial charge in [-0.25, -0.2) is 0 Å². The third-order valence-corrected chi connectivity index (χ3v) is 4.80. The molecule has 1 aliphatic rings. The zero-order valence-corrected chi connectivity index (χ0v) is 15.7. The smallest absolute Gasteiger partial charge is 0.307 e. The molecule has 0 radical (unpaired) electrons. The fourth-order valence-electron chi connectivity index (χ4n) is 3.63. The molecule has 0 bridgehead atoms. The van der Waals surface area contributed by atoms with E-state index in [2.05, 4.69) is 5.32 Å². The van der Waals surface area contributed by atoms with Crippen molar-refractivity contribution in [2.24, 2.45) is 17.8 Å². The van der Waals surface area contributed by atoms with Crippen LogP contribution < -0.4 is 5.32 Å². The van der Waals surface area contributed by atoms with Gasteiger partial charge in [0.15, 0.2) is 6.61 Å². The van der Waals surface area contributed by atoms with Crippen molar-refractivity contribution < 1.29 is 24.0 Å². The minimum Gasteiger partial charge on any atom is -0.456 e. The second kappa shape index (κ2) is 8.75. The maximum atomic E-state index is 12.0. The van der Waals surface area contributed by atoms with Crippen LogP contribution in [0, 0.1) is 41.7 Å². The molecular formula is C19H24N2O6. The largest absolute Gasteiger partial charge is 0.456 e. The number of ether oxygens (including phenoxy) is 1. The van der Waals surface area contributed by atoms with E-state index in [0.29, 0.717) is 5.69 Å². The van der Waals surface area contributed by atoms with Gasteiger partial charge in [-0.2, -0.15) is 0 Å². The van der Waals surface area contributed by atoms with E-state index in [4.69, 9.17) is 4.74 Å². The third kappa shape index (κ3) is 5.87. The molecule has 2 rings (SSSR count). The summed E-state index contributed by atoms with van der Waals surface area (Å²) < 4.78 is 4.96. The van der Waals surface area contributed by atoms with Crippen LogP contribution in [0.5, 0.6) is 0 Å². The molecule has 1 amide bonds. The summed E-state index contributed by atoms with van der Waals surface area (Å²) in [6.07, 6.45) is -0.0117. The topological polar surface area (TPSA) is 116 Å². The number of Topliss-reactive ketones (excluding diaryl/α,β-unsaturated/α-hetero) is 1. The molecule has 1 N–H and O–H groups in total. The van der Waals surface area contributed by atoms with E-state index < -0.39 is 35.2 Å². The molecule has 1 saturated carbocycles. The van der Waals surface area contributed by atoms with Gasteiger partial charge in [-0.05, 0) is 43.0 Å². The van der Waals surface area contributed by atoms with Crippen LogP contribution in [0.25, 0.3) is 0 Å². The molecule has 0 heterocycles. The standard InChI is InChI=1S/C19H24N2O6/c1-11-4-12(2)6-14(5-11)20-18(23)10-27-19(24)8-15-16(9-21(25)26)13(3)7-17(15)22/h4-6,13,15-16H,7-10H2,1-3H3,(H,20,23)/t13-,15-,16-/m1/s1. The van der Waals surface area contributed by atoms with Gasteiger partial charge < -0.3 is 10.1 Å². The minimum absolute atomic E-state index is 0.145. The summed E-state index contributed by atoms with van der Waals surface area (Å²) in [6.45, 7) is 4.77. The first kappa shape index (κ1) is 20.5. The molecule has 8 nitrogen and oxygen atoms in total. The van der Waals surface area contributed by atoms with Crippen LogP contribution >= 0.6 is 0 Å². The predicted octanol–water partition coefficient (Wildman–Crippen LogP) is 2.29. The molecule has 27 heavy (non-hydrogen) atoms. The highest BCUT2D eigenvalue weighted by Crippen LogP contribution is 2.36. The zero-order chi connectivity index (χ0) is 20.1. The van der Waals surface area contributed by atoms with Gasteiger partial charge >= 0.3 is 5.97 Å². The van der Waals surface area contributed by atoms with E-state index >= 15 is 0 Å². The lowest BCUT2D eigenvalue weighted by Gasteiger charge is -2.17. The molecule has 0 aliphatic heterocycles. The van der Waals surface area contributed by atoms with Gasteiger partial charge in [-0.1, -0.05) is 13.0 Å². The van der Waals surface area contributed by atoms with E-state index in [0.717, 1.165) is 11.1 Å². The number of amides is 1. The number of hydrogen-bond donors (Lipinski definition) is 1. The molecule has 146 valence electrons. The SMILES string of the molecule is Cc1cc(C)cc(NC(=O)COC(=O)C[C@H]2C(=O)C[C@@H](C)[C@H]2C[N+](=O)[O-])c1. The number of hydrogen-bond acceptors (Lipinski definition) is 6. The van der Waals surface area contributed by atoms with Crippen LogP contribution in [0.1, 0.15) is 30.9 Å². The minimum atomic E-state index is -0.722. The van der Waals surface area contributed by atoms with Crippen LogP contribution in [-0.4, -0.2) is 35.7 Å². The first-order valence-electron chi connectivity index (χ1n) is 8.84. The average Bonchev–Trinajstić information content (AvgIpc) is 2.78. The second-order valence-electron chi connectivity index (χ2n) is 7.22. The molecule has 1 aromatic rings. The Balaban J connectivity index is 1.86. The van der Waals surface area contributed by atoms with Gasteiger partial charge in [0.1, 0.15) is 5.78 Å². The van der Waals surface area contributed by atoms with Crippen molar-refractivity contribution in [2.45, 2.75) is 33.6 Å². The molecule has 3 atom stereocenters. The van der Waals surface area contributed by atoms with E-state index in [1.807, 2.05) is 19.9 Å². The van der Waals surface area contributed by atoms with Gasteiger partial charge in [-0.15, -0.1) is 0 Å². The van der Waals surface area contributed by atoms with Crippen molar-refractivity contribution >= 4 is 23.3 Å². The lowest BCUT2D eigenvalue weighted by atomic mass is 9.88. The van der Waals surface area contributed by atoms with E-state index in [1.165, 1.54) is 0 Å². The molecule has 1 aliphatic carbocycles. The number of nitro groups is 1. The zero-order valence-electron chi connectivity index (χ0n) is 15.7. The second-order valence-corrected chi connectivity index (χ2v) is 7.22. The Hall–Kier alpha value is -2.77. The van der Waals surface area contributed by atoms with Gasteiger partial charge in [0.2, 0.25) is 6.54 Å². The first-order chi connectivity index (χ1) is 12.7. The summed E-state index contributed by atoms with van der Waals surface area (Å²) in [6, 6.07) is 5.57. The van der Waals surface area contributed by atoms with Gasteiger partial charge in [0.25, 0.3) is 5.91 Å². The number of anilines is 1. The number of esters is 1. The van der Waals surface area contributed by atoms with Crippen LogP contribution in [0.2, 0.25) is 0 Å². The lowest BCUT2D eigenvalue weighted by molar-refractivity contribution is -0.490. The van der Waals surface area contributed by atoms with Crippen LogP contribution in [0.4, 0.5) is 5.69 Å². The van der Waals surface area contributed by atoms with Crippen LogP contribution in [0.15, 0.2) is 18.2 Å². The fraction of sp³-hybridized carbons (Fsp3) is 0.526. The Morgan fingerprint density at radius 3 is 2.48 bits per heavy atom. The molecule has 0 unspecified atom stereocenters. The van der Waals surface area contributed by atoms with Crippen molar-refractivity contribution in [1.82, 2.24) is 0 Å². The lowest BCUT2D eigenvalue weighted by Crippen LogP contribution is -2.28. The Morgan fingerprint density at radius 1 is 1.26 bits per heavy atom. The van der Waals surface area contributed by atoms with Crippen molar-refractivity contribution in [3.8, 4) is 0 Å².